The van der Waals surface area contributed by atoms with Gasteiger partial charge < -0.3 is 10.1 Å². The van der Waals surface area contributed by atoms with Crippen LogP contribution in [0.3, 0.4) is 0 Å². The Hall–Kier alpha value is -1.33. The Morgan fingerprint density at radius 1 is 1.50 bits per heavy atom. The summed E-state index contributed by atoms with van der Waals surface area (Å²) in [6.07, 6.45) is 2.84. The van der Waals surface area contributed by atoms with Crippen molar-refractivity contribution in [1.29, 1.82) is 0 Å². The molecule has 1 aliphatic rings. The molecule has 5 heteroatoms. The van der Waals surface area contributed by atoms with Crippen molar-refractivity contribution in [3.8, 4) is 5.75 Å². The van der Waals surface area contributed by atoms with Crippen LogP contribution < -0.4 is 10.1 Å². The van der Waals surface area contributed by atoms with Gasteiger partial charge in [0.2, 0.25) is 0 Å². The molecule has 0 bridgehead atoms. The number of fused-ring (bicyclic) bond motifs is 1. The molecule has 1 N–H and O–H groups in total. The number of benzene rings is 1. The fourth-order valence-corrected chi connectivity index (χ4v) is 3.28. The Morgan fingerprint density at radius 3 is 3.05 bits per heavy atom. The summed E-state index contributed by atoms with van der Waals surface area (Å²) in [7, 11) is 1.97. The van der Waals surface area contributed by atoms with Gasteiger partial charge in [-0.15, -0.1) is 0 Å². The smallest absolute Gasteiger partial charge is 0.122 e. The van der Waals surface area contributed by atoms with Crippen molar-refractivity contribution in [2.24, 2.45) is 7.05 Å². The zero-order valence-electron chi connectivity index (χ0n) is 11.7. The molecule has 3 rings (SSSR count). The Balaban J connectivity index is 2.03. The first-order valence-corrected chi connectivity index (χ1v) is 7.66. The van der Waals surface area contributed by atoms with Crippen LogP contribution in [0.2, 0.25) is 0 Å². The summed E-state index contributed by atoms with van der Waals surface area (Å²) < 4.78 is 8.53. The van der Waals surface area contributed by atoms with Gasteiger partial charge in [-0.25, -0.2) is 0 Å². The largest absolute Gasteiger partial charge is 0.493 e. The minimum Gasteiger partial charge on any atom is -0.493 e. The molecule has 106 valence electrons. The molecule has 0 aliphatic carbocycles. The van der Waals surface area contributed by atoms with E-state index in [4.69, 9.17) is 4.74 Å². The van der Waals surface area contributed by atoms with Gasteiger partial charge >= 0.3 is 0 Å². The third kappa shape index (κ3) is 2.36. The molecule has 2 aromatic rings. The SMILES string of the molecule is CCNC(c1ccc2c(c1)CCO2)c1c(Br)cnn1C. The van der Waals surface area contributed by atoms with E-state index in [0.717, 1.165) is 35.5 Å². The number of hydrogen-bond donors (Lipinski definition) is 1. The summed E-state index contributed by atoms with van der Waals surface area (Å²) in [5.74, 6) is 1.02. The molecule has 20 heavy (non-hydrogen) atoms. The fraction of sp³-hybridized carbons (Fsp3) is 0.400. The first-order valence-electron chi connectivity index (χ1n) is 6.87. The maximum absolute atomic E-state index is 5.58. The van der Waals surface area contributed by atoms with E-state index in [9.17, 15) is 0 Å². The molecule has 1 unspecified atom stereocenters. The summed E-state index contributed by atoms with van der Waals surface area (Å²) in [6.45, 7) is 3.81. The van der Waals surface area contributed by atoms with Crippen molar-refractivity contribution in [3.63, 3.8) is 0 Å². The summed E-state index contributed by atoms with van der Waals surface area (Å²) >= 11 is 3.60. The van der Waals surface area contributed by atoms with Crippen LogP contribution in [0, 0.1) is 0 Å². The second-order valence-corrected chi connectivity index (χ2v) is 5.81. The quantitative estimate of drug-likeness (QED) is 0.933. The minimum absolute atomic E-state index is 0.132. The van der Waals surface area contributed by atoms with Crippen LogP contribution in [0.15, 0.2) is 28.9 Å². The Labute approximate surface area is 127 Å². The lowest BCUT2D eigenvalue weighted by Crippen LogP contribution is -2.24. The van der Waals surface area contributed by atoms with Crippen LogP contribution in [-0.2, 0) is 13.5 Å². The Morgan fingerprint density at radius 2 is 2.35 bits per heavy atom. The number of nitrogens with one attached hydrogen (secondary N) is 1. The molecule has 2 heterocycles. The normalized spacial score (nSPS) is 14.9. The lowest BCUT2D eigenvalue weighted by Gasteiger charge is -2.20. The monoisotopic (exact) mass is 335 g/mol. The van der Waals surface area contributed by atoms with Crippen LogP contribution >= 0.6 is 15.9 Å². The van der Waals surface area contributed by atoms with Crippen LogP contribution in [0.25, 0.3) is 0 Å². The molecule has 0 saturated heterocycles. The van der Waals surface area contributed by atoms with Gasteiger partial charge in [-0.2, -0.15) is 5.10 Å². The summed E-state index contributed by atoms with van der Waals surface area (Å²) in [5.41, 5.74) is 3.69. The highest BCUT2D eigenvalue weighted by atomic mass is 79.9. The van der Waals surface area contributed by atoms with Gasteiger partial charge in [-0.1, -0.05) is 19.1 Å². The summed E-state index contributed by atoms with van der Waals surface area (Å²) in [4.78, 5) is 0. The molecule has 1 aromatic carbocycles. The number of hydrogen-bond acceptors (Lipinski definition) is 3. The van der Waals surface area contributed by atoms with E-state index in [1.807, 2.05) is 17.9 Å². The molecule has 1 aromatic heterocycles. The topological polar surface area (TPSA) is 39.1 Å². The first-order chi connectivity index (χ1) is 9.70. The number of nitrogens with zero attached hydrogens (tertiary/aromatic N) is 2. The average Bonchev–Trinajstić information content (AvgIpc) is 3.03. The third-order valence-electron chi connectivity index (χ3n) is 3.67. The maximum Gasteiger partial charge on any atom is 0.122 e. The molecule has 1 atom stereocenters. The molecule has 0 spiro atoms. The Kier molecular flexibility index (Phi) is 3.81. The minimum atomic E-state index is 0.132. The van der Waals surface area contributed by atoms with Crippen molar-refractivity contribution in [2.75, 3.05) is 13.2 Å². The molecule has 0 radical (unpaired) electrons. The molecule has 1 aliphatic heterocycles. The van der Waals surface area contributed by atoms with Crippen molar-refractivity contribution in [3.05, 3.63) is 45.7 Å². The zero-order chi connectivity index (χ0) is 14.1. The maximum atomic E-state index is 5.58. The number of ether oxygens (including phenoxy) is 1. The van der Waals surface area contributed by atoms with E-state index >= 15 is 0 Å². The number of halogens is 1. The molecule has 0 saturated carbocycles. The van der Waals surface area contributed by atoms with Crippen molar-refractivity contribution in [1.82, 2.24) is 15.1 Å². The van der Waals surface area contributed by atoms with Gasteiger partial charge in [0, 0.05) is 13.5 Å². The van der Waals surface area contributed by atoms with E-state index in [-0.39, 0.29) is 6.04 Å². The molecular weight excluding hydrogens is 318 g/mol. The van der Waals surface area contributed by atoms with E-state index in [2.05, 4.69) is 51.5 Å². The lowest BCUT2D eigenvalue weighted by molar-refractivity contribution is 0.357. The van der Waals surface area contributed by atoms with E-state index in [0.29, 0.717) is 0 Å². The van der Waals surface area contributed by atoms with Gasteiger partial charge in [0.15, 0.2) is 0 Å². The van der Waals surface area contributed by atoms with Crippen LogP contribution in [0.5, 0.6) is 5.75 Å². The summed E-state index contributed by atoms with van der Waals surface area (Å²) in [5, 5.41) is 7.86. The van der Waals surface area contributed by atoms with E-state index < -0.39 is 0 Å². The van der Waals surface area contributed by atoms with Crippen molar-refractivity contribution >= 4 is 15.9 Å². The highest BCUT2D eigenvalue weighted by Crippen LogP contribution is 2.32. The zero-order valence-corrected chi connectivity index (χ0v) is 13.3. The fourth-order valence-electron chi connectivity index (χ4n) is 2.71. The van der Waals surface area contributed by atoms with Crippen LogP contribution in [-0.4, -0.2) is 22.9 Å². The molecule has 0 amide bonds. The van der Waals surface area contributed by atoms with Crippen LogP contribution in [0.1, 0.15) is 29.8 Å². The van der Waals surface area contributed by atoms with Gasteiger partial charge in [0.25, 0.3) is 0 Å². The van der Waals surface area contributed by atoms with Crippen LogP contribution in [0.4, 0.5) is 0 Å². The van der Waals surface area contributed by atoms with Gasteiger partial charge in [-0.05, 0) is 39.7 Å². The number of rotatable bonds is 4. The number of aromatic nitrogens is 2. The highest BCUT2D eigenvalue weighted by Gasteiger charge is 2.22. The predicted molar refractivity (Wildman–Crippen MR) is 82.1 cm³/mol. The standard InChI is InChI=1S/C15H18BrN3O/c1-3-17-14(15-12(16)9-18-19(15)2)11-4-5-13-10(8-11)6-7-20-13/h4-5,8-9,14,17H,3,6-7H2,1-2H3. The second-order valence-electron chi connectivity index (χ2n) is 4.96. The first kappa shape index (κ1) is 13.6. The van der Waals surface area contributed by atoms with Gasteiger partial charge in [0.1, 0.15) is 5.75 Å². The number of aryl methyl sites for hydroxylation is 1. The predicted octanol–water partition coefficient (Wildman–Crippen LogP) is 2.82. The molecule has 0 fully saturated rings. The average molecular weight is 336 g/mol. The molecular formula is C15H18BrN3O. The Bertz CT molecular complexity index is 604. The highest BCUT2D eigenvalue weighted by molar-refractivity contribution is 9.10. The summed E-state index contributed by atoms with van der Waals surface area (Å²) in [6, 6.07) is 6.59. The van der Waals surface area contributed by atoms with Crippen molar-refractivity contribution < 1.29 is 4.74 Å². The van der Waals surface area contributed by atoms with Gasteiger partial charge in [-0.3, -0.25) is 4.68 Å². The third-order valence-corrected chi connectivity index (χ3v) is 4.28. The van der Waals surface area contributed by atoms with E-state index in [1.54, 1.807) is 0 Å². The van der Waals surface area contributed by atoms with Gasteiger partial charge in [0.05, 0.1) is 29.0 Å². The second kappa shape index (κ2) is 5.58. The molecule has 4 nitrogen and oxygen atoms in total. The van der Waals surface area contributed by atoms with E-state index in [1.165, 1.54) is 11.1 Å². The van der Waals surface area contributed by atoms with Crippen molar-refractivity contribution in [2.45, 2.75) is 19.4 Å². The lowest BCUT2D eigenvalue weighted by atomic mass is 10.00.